The van der Waals surface area contributed by atoms with Gasteiger partial charge in [0, 0.05) is 23.7 Å². The maximum atomic E-state index is 12.6. The van der Waals surface area contributed by atoms with Crippen molar-refractivity contribution < 1.29 is 14.0 Å². The summed E-state index contributed by atoms with van der Waals surface area (Å²) in [6, 6.07) is 15.6. The highest BCUT2D eigenvalue weighted by atomic mass is 32.1. The summed E-state index contributed by atoms with van der Waals surface area (Å²) in [6.45, 7) is 1.42. The van der Waals surface area contributed by atoms with E-state index in [2.05, 4.69) is 10.6 Å². The molecule has 0 spiro atoms. The van der Waals surface area contributed by atoms with Crippen LogP contribution in [-0.4, -0.2) is 11.8 Å². The number of carbonyl (C=O) groups excluding carboxylic acids is 2. The molecule has 2 aromatic carbocycles. The van der Waals surface area contributed by atoms with E-state index in [-0.39, 0.29) is 11.8 Å². The van der Waals surface area contributed by atoms with Crippen LogP contribution in [0.25, 0.3) is 21.1 Å². The third kappa shape index (κ3) is 3.32. The normalized spacial score (nSPS) is 10.9. The quantitative estimate of drug-likeness (QED) is 0.523. The first-order valence-corrected chi connectivity index (χ1v) is 8.97. The van der Waals surface area contributed by atoms with Crippen LogP contribution in [-0.2, 0) is 4.79 Å². The van der Waals surface area contributed by atoms with E-state index < -0.39 is 5.63 Å². The molecule has 7 heteroatoms. The van der Waals surface area contributed by atoms with Crippen LogP contribution in [0.5, 0.6) is 0 Å². The van der Waals surface area contributed by atoms with Gasteiger partial charge in [-0.25, -0.2) is 4.79 Å². The largest absolute Gasteiger partial charge is 0.422 e. The van der Waals surface area contributed by atoms with E-state index in [1.807, 2.05) is 12.1 Å². The molecule has 0 unspecified atom stereocenters. The lowest BCUT2D eigenvalue weighted by Crippen LogP contribution is -2.11. The number of hydrogen-bond donors (Lipinski definition) is 2. The molecule has 4 aromatic rings. The molecular formula is C20H14N2O4S. The molecule has 0 aliphatic heterocycles. The summed E-state index contributed by atoms with van der Waals surface area (Å²) >= 11 is 1.24. The van der Waals surface area contributed by atoms with E-state index in [4.69, 9.17) is 4.42 Å². The number of benzene rings is 2. The summed E-state index contributed by atoms with van der Waals surface area (Å²) in [5, 5.41) is 6.63. The average molecular weight is 378 g/mol. The van der Waals surface area contributed by atoms with Gasteiger partial charge in [-0.05, 0) is 36.4 Å². The average Bonchev–Trinajstić information content (AvgIpc) is 3.08. The molecule has 0 radical (unpaired) electrons. The Bertz CT molecular complexity index is 1260. The fourth-order valence-electron chi connectivity index (χ4n) is 2.82. The summed E-state index contributed by atoms with van der Waals surface area (Å²) in [5.74, 6) is -0.527. The van der Waals surface area contributed by atoms with Crippen LogP contribution >= 0.6 is 11.3 Å². The Morgan fingerprint density at radius 2 is 1.67 bits per heavy atom. The summed E-state index contributed by atoms with van der Waals surface area (Å²) in [5.41, 5.74) is 1.15. The highest BCUT2D eigenvalue weighted by Gasteiger charge is 2.16. The van der Waals surface area contributed by atoms with E-state index in [1.54, 1.807) is 42.5 Å². The summed E-state index contributed by atoms with van der Waals surface area (Å²) in [6.07, 6.45) is 0. The Balaban J connectivity index is 1.69. The number of rotatable bonds is 3. The number of amides is 2. The van der Waals surface area contributed by atoms with E-state index in [1.165, 1.54) is 18.3 Å². The van der Waals surface area contributed by atoms with Crippen molar-refractivity contribution in [1.82, 2.24) is 0 Å². The van der Waals surface area contributed by atoms with E-state index in [9.17, 15) is 14.4 Å². The van der Waals surface area contributed by atoms with Gasteiger partial charge in [-0.15, -0.1) is 11.3 Å². The molecule has 2 heterocycles. The molecule has 4 rings (SSSR count). The number of nitrogens with one attached hydrogen (secondary N) is 2. The standard InChI is InChI=1S/C20H14N2O4S/c1-11(23)21-12-5-4-6-13(9-12)22-19(24)17-10-15-18(27-17)14-7-2-3-8-16(14)26-20(15)25/h2-10H,1H3,(H,21,23)(H,22,24). The lowest BCUT2D eigenvalue weighted by molar-refractivity contribution is -0.114. The predicted octanol–water partition coefficient (Wildman–Crippen LogP) is 4.22. The van der Waals surface area contributed by atoms with Gasteiger partial charge in [0.15, 0.2) is 0 Å². The van der Waals surface area contributed by atoms with E-state index in [0.29, 0.717) is 27.2 Å². The number of thiophene rings is 1. The zero-order chi connectivity index (χ0) is 19.0. The van der Waals surface area contributed by atoms with Crippen LogP contribution in [0, 0.1) is 0 Å². The van der Waals surface area contributed by atoms with Gasteiger partial charge in [-0.1, -0.05) is 18.2 Å². The highest BCUT2D eigenvalue weighted by molar-refractivity contribution is 7.21. The number of para-hydroxylation sites is 1. The van der Waals surface area contributed by atoms with Crippen LogP contribution in [0.1, 0.15) is 16.6 Å². The third-order valence-electron chi connectivity index (χ3n) is 3.95. The SMILES string of the molecule is CC(=O)Nc1cccc(NC(=O)c2cc3c(=O)oc4ccccc4c3s2)c1. The van der Waals surface area contributed by atoms with E-state index in [0.717, 1.165) is 10.1 Å². The maximum absolute atomic E-state index is 12.6. The van der Waals surface area contributed by atoms with Crippen molar-refractivity contribution in [2.75, 3.05) is 10.6 Å². The van der Waals surface area contributed by atoms with Crippen LogP contribution in [0.3, 0.4) is 0 Å². The highest BCUT2D eigenvalue weighted by Crippen LogP contribution is 2.31. The zero-order valence-corrected chi connectivity index (χ0v) is 15.1. The Morgan fingerprint density at radius 1 is 0.926 bits per heavy atom. The van der Waals surface area contributed by atoms with Gasteiger partial charge in [0.1, 0.15) is 5.58 Å². The van der Waals surface area contributed by atoms with Gasteiger partial charge in [0.25, 0.3) is 5.91 Å². The number of carbonyl (C=O) groups is 2. The third-order valence-corrected chi connectivity index (χ3v) is 5.12. The molecule has 0 atom stereocenters. The number of fused-ring (bicyclic) bond motifs is 3. The Labute approximate surface area is 157 Å². The van der Waals surface area contributed by atoms with Crippen molar-refractivity contribution in [1.29, 1.82) is 0 Å². The summed E-state index contributed by atoms with van der Waals surface area (Å²) < 4.78 is 6.04. The van der Waals surface area contributed by atoms with Gasteiger partial charge >= 0.3 is 5.63 Å². The van der Waals surface area contributed by atoms with Gasteiger partial charge in [-0.2, -0.15) is 0 Å². The van der Waals surface area contributed by atoms with Crippen molar-refractivity contribution in [2.24, 2.45) is 0 Å². The van der Waals surface area contributed by atoms with Gasteiger partial charge in [0.05, 0.1) is 15.0 Å². The molecule has 27 heavy (non-hydrogen) atoms. The molecule has 0 aliphatic carbocycles. The smallest absolute Gasteiger partial charge is 0.345 e. The Kier molecular flexibility index (Phi) is 4.21. The molecular weight excluding hydrogens is 364 g/mol. The molecule has 6 nitrogen and oxygen atoms in total. The van der Waals surface area contributed by atoms with Gasteiger partial charge in [-0.3, -0.25) is 9.59 Å². The van der Waals surface area contributed by atoms with Crippen LogP contribution in [0.2, 0.25) is 0 Å². The Morgan fingerprint density at radius 3 is 2.44 bits per heavy atom. The molecule has 134 valence electrons. The van der Waals surface area contributed by atoms with Crippen LogP contribution < -0.4 is 16.3 Å². The minimum absolute atomic E-state index is 0.193. The van der Waals surface area contributed by atoms with E-state index >= 15 is 0 Å². The molecule has 0 bridgehead atoms. The molecule has 0 aliphatic rings. The predicted molar refractivity (Wildman–Crippen MR) is 107 cm³/mol. The maximum Gasteiger partial charge on any atom is 0.345 e. The van der Waals surface area contributed by atoms with Crippen molar-refractivity contribution in [3.63, 3.8) is 0 Å². The van der Waals surface area contributed by atoms with Crippen molar-refractivity contribution in [3.8, 4) is 0 Å². The minimum Gasteiger partial charge on any atom is -0.422 e. The van der Waals surface area contributed by atoms with Gasteiger partial charge < -0.3 is 15.1 Å². The molecule has 0 saturated carbocycles. The topological polar surface area (TPSA) is 88.4 Å². The van der Waals surface area contributed by atoms with Crippen LogP contribution in [0.4, 0.5) is 11.4 Å². The zero-order valence-electron chi connectivity index (χ0n) is 14.2. The molecule has 2 amide bonds. The number of hydrogen-bond acceptors (Lipinski definition) is 5. The fraction of sp³-hybridized carbons (Fsp3) is 0.0500. The first kappa shape index (κ1) is 17.0. The molecule has 0 fully saturated rings. The second-order valence-corrected chi connectivity index (χ2v) is 7.01. The minimum atomic E-state index is -0.466. The Hall–Kier alpha value is -3.45. The van der Waals surface area contributed by atoms with Crippen molar-refractivity contribution in [3.05, 3.63) is 69.9 Å². The fourth-order valence-corrected chi connectivity index (χ4v) is 3.89. The van der Waals surface area contributed by atoms with Crippen molar-refractivity contribution >= 4 is 55.6 Å². The second-order valence-electron chi connectivity index (χ2n) is 5.96. The van der Waals surface area contributed by atoms with Gasteiger partial charge in [0.2, 0.25) is 5.91 Å². The monoisotopic (exact) mass is 378 g/mol. The molecule has 2 N–H and O–H groups in total. The lowest BCUT2D eigenvalue weighted by atomic mass is 10.2. The molecule has 2 aromatic heterocycles. The van der Waals surface area contributed by atoms with Crippen molar-refractivity contribution in [2.45, 2.75) is 6.92 Å². The number of anilines is 2. The first-order chi connectivity index (χ1) is 13.0. The second kappa shape index (κ2) is 6.69. The lowest BCUT2D eigenvalue weighted by Gasteiger charge is -2.06. The first-order valence-electron chi connectivity index (χ1n) is 8.15. The van der Waals surface area contributed by atoms with Crippen LogP contribution in [0.15, 0.2) is 63.8 Å². The summed E-state index contributed by atoms with van der Waals surface area (Å²) in [7, 11) is 0. The summed E-state index contributed by atoms with van der Waals surface area (Å²) in [4.78, 5) is 36.4. The molecule has 0 saturated heterocycles.